The highest BCUT2D eigenvalue weighted by Crippen LogP contribution is 2.26. The number of pyridine rings is 2. The smallest absolute Gasteiger partial charge is 0.257 e. The summed E-state index contributed by atoms with van der Waals surface area (Å²) in [6.45, 7) is 5.69. The number of fused-ring (bicyclic) bond motifs is 1. The van der Waals surface area contributed by atoms with E-state index in [0.717, 1.165) is 33.8 Å². The molecule has 0 atom stereocenters. The van der Waals surface area contributed by atoms with Gasteiger partial charge in [0.15, 0.2) is 5.65 Å². The van der Waals surface area contributed by atoms with Crippen LogP contribution >= 0.6 is 0 Å². The molecule has 0 aliphatic rings. The van der Waals surface area contributed by atoms with Crippen molar-refractivity contribution in [2.75, 3.05) is 12.4 Å². The first kappa shape index (κ1) is 18.6. The van der Waals surface area contributed by atoms with Crippen molar-refractivity contribution in [2.45, 2.75) is 20.8 Å². The second kappa shape index (κ2) is 7.35. The van der Waals surface area contributed by atoms with Crippen LogP contribution < -0.4 is 10.1 Å². The minimum Gasteiger partial charge on any atom is -0.497 e. The molecule has 7 nitrogen and oxygen atoms in total. The van der Waals surface area contributed by atoms with Crippen molar-refractivity contribution < 1.29 is 9.53 Å². The molecule has 0 aliphatic carbocycles. The summed E-state index contributed by atoms with van der Waals surface area (Å²) >= 11 is 0. The molecule has 0 radical (unpaired) electrons. The molecule has 1 N–H and O–H groups in total. The first-order valence-corrected chi connectivity index (χ1v) is 9.21. The molecule has 0 unspecified atom stereocenters. The molecule has 4 aromatic rings. The van der Waals surface area contributed by atoms with Gasteiger partial charge in [-0.05, 0) is 68.8 Å². The lowest BCUT2D eigenvalue weighted by atomic mass is 10.1. The van der Waals surface area contributed by atoms with Crippen molar-refractivity contribution in [1.82, 2.24) is 19.7 Å². The van der Waals surface area contributed by atoms with E-state index in [9.17, 15) is 4.79 Å². The Hall–Kier alpha value is -3.74. The Balaban J connectivity index is 1.81. The lowest BCUT2D eigenvalue weighted by Gasteiger charge is -2.09. The maximum absolute atomic E-state index is 13.0. The molecular formula is C22H21N5O2. The van der Waals surface area contributed by atoms with E-state index in [-0.39, 0.29) is 5.91 Å². The number of methoxy groups -OCH3 is 1. The number of amides is 1. The van der Waals surface area contributed by atoms with Crippen molar-refractivity contribution in [2.24, 2.45) is 0 Å². The highest BCUT2D eigenvalue weighted by Gasteiger charge is 2.20. The minimum absolute atomic E-state index is 0.240. The summed E-state index contributed by atoms with van der Waals surface area (Å²) in [6.07, 6.45) is 1.67. The van der Waals surface area contributed by atoms with Crippen LogP contribution in [0.5, 0.6) is 5.75 Å². The zero-order valence-electron chi connectivity index (χ0n) is 16.7. The van der Waals surface area contributed by atoms with Crippen molar-refractivity contribution in [1.29, 1.82) is 0 Å². The second-order valence-electron chi connectivity index (χ2n) is 6.88. The van der Waals surface area contributed by atoms with E-state index in [2.05, 4.69) is 20.4 Å². The molecule has 3 aromatic heterocycles. The average molecular weight is 387 g/mol. The number of ether oxygens (including phenoxy) is 1. The van der Waals surface area contributed by atoms with Crippen LogP contribution in [-0.4, -0.2) is 32.8 Å². The summed E-state index contributed by atoms with van der Waals surface area (Å²) in [6, 6.07) is 13.0. The number of anilines is 1. The average Bonchev–Trinajstić information content (AvgIpc) is 3.03. The van der Waals surface area contributed by atoms with E-state index in [4.69, 9.17) is 4.74 Å². The van der Waals surface area contributed by atoms with Gasteiger partial charge in [0.2, 0.25) is 0 Å². The van der Waals surface area contributed by atoms with Crippen molar-refractivity contribution >= 4 is 22.8 Å². The summed E-state index contributed by atoms with van der Waals surface area (Å²) in [5.74, 6) is 1.03. The lowest BCUT2D eigenvalue weighted by Crippen LogP contribution is -2.14. The summed E-state index contributed by atoms with van der Waals surface area (Å²) in [4.78, 5) is 21.9. The molecule has 1 aromatic carbocycles. The fourth-order valence-electron chi connectivity index (χ4n) is 3.28. The molecule has 0 bridgehead atoms. The van der Waals surface area contributed by atoms with Crippen LogP contribution in [-0.2, 0) is 0 Å². The Bertz CT molecular complexity index is 1210. The highest BCUT2D eigenvalue weighted by molar-refractivity contribution is 6.12. The number of carbonyl (C=O) groups is 1. The van der Waals surface area contributed by atoms with Gasteiger partial charge < -0.3 is 10.1 Å². The molecule has 146 valence electrons. The highest BCUT2D eigenvalue weighted by atomic mass is 16.5. The van der Waals surface area contributed by atoms with Crippen molar-refractivity contribution in [3.63, 3.8) is 0 Å². The van der Waals surface area contributed by atoms with Crippen LogP contribution in [0.25, 0.3) is 16.7 Å². The quantitative estimate of drug-likeness (QED) is 0.572. The van der Waals surface area contributed by atoms with Gasteiger partial charge in [-0.1, -0.05) is 0 Å². The molecule has 0 aliphatic heterocycles. The standard InChI is InChI=1S/C22H21N5O2/c1-13-9-10-23-19(11-13)25-22(28)18-12-14(2)24-21-20(18)15(3)26-27(21)16-5-7-17(29-4)8-6-16/h5-12H,1-4H3,(H,23,25,28). The summed E-state index contributed by atoms with van der Waals surface area (Å²) in [5, 5.41) is 8.24. The van der Waals surface area contributed by atoms with Gasteiger partial charge in [0.05, 0.1) is 29.4 Å². The van der Waals surface area contributed by atoms with Crippen LogP contribution in [0.2, 0.25) is 0 Å². The topological polar surface area (TPSA) is 81.9 Å². The van der Waals surface area contributed by atoms with Crippen molar-refractivity contribution in [3.8, 4) is 11.4 Å². The molecule has 0 spiro atoms. The van der Waals surface area contributed by atoms with E-state index in [0.29, 0.717) is 17.0 Å². The predicted molar refractivity (Wildman–Crippen MR) is 112 cm³/mol. The molecule has 1 amide bonds. The van der Waals surface area contributed by atoms with Gasteiger partial charge >= 0.3 is 0 Å². The third-order valence-electron chi connectivity index (χ3n) is 4.66. The van der Waals surface area contributed by atoms with Crippen LogP contribution in [0.4, 0.5) is 5.82 Å². The molecule has 29 heavy (non-hydrogen) atoms. The Kier molecular flexibility index (Phi) is 4.72. The van der Waals surface area contributed by atoms with Gasteiger partial charge in [0.1, 0.15) is 11.6 Å². The first-order valence-electron chi connectivity index (χ1n) is 9.21. The number of hydrogen-bond acceptors (Lipinski definition) is 5. The number of carbonyl (C=O) groups excluding carboxylic acids is 1. The van der Waals surface area contributed by atoms with Gasteiger partial charge in [-0.2, -0.15) is 5.10 Å². The van der Waals surface area contributed by atoms with Gasteiger partial charge in [-0.25, -0.2) is 14.6 Å². The lowest BCUT2D eigenvalue weighted by molar-refractivity contribution is 0.102. The van der Waals surface area contributed by atoms with Gasteiger partial charge in [-0.3, -0.25) is 4.79 Å². The maximum atomic E-state index is 13.0. The Morgan fingerprint density at radius 1 is 1.07 bits per heavy atom. The SMILES string of the molecule is COc1ccc(-n2nc(C)c3c(C(=O)Nc4cc(C)ccn4)cc(C)nc32)cc1. The number of benzene rings is 1. The number of aromatic nitrogens is 4. The molecule has 0 saturated carbocycles. The number of hydrogen-bond donors (Lipinski definition) is 1. The molecule has 4 rings (SSSR count). The van der Waals surface area contributed by atoms with E-state index >= 15 is 0 Å². The number of aryl methyl sites for hydroxylation is 3. The summed E-state index contributed by atoms with van der Waals surface area (Å²) in [5.41, 5.74) is 4.48. The first-order chi connectivity index (χ1) is 14.0. The Labute approximate surface area is 168 Å². The maximum Gasteiger partial charge on any atom is 0.257 e. The zero-order chi connectivity index (χ0) is 20.5. The second-order valence-corrected chi connectivity index (χ2v) is 6.88. The Morgan fingerprint density at radius 3 is 2.52 bits per heavy atom. The fraction of sp³-hybridized carbons (Fsp3) is 0.182. The van der Waals surface area contributed by atoms with Crippen LogP contribution in [0.15, 0.2) is 48.7 Å². The Morgan fingerprint density at radius 2 is 1.83 bits per heavy atom. The van der Waals surface area contributed by atoms with E-state index < -0.39 is 0 Å². The van der Waals surface area contributed by atoms with Gasteiger partial charge in [0.25, 0.3) is 5.91 Å². The number of rotatable bonds is 4. The van der Waals surface area contributed by atoms with E-state index in [1.54, 1.807) is 24.1 Å². The van der Waals surface area contributed by atoms with Gasteiger partial charge in [-0.15, -0.1) is 0 Å². The molecule has 3 heterocycles. The third kappa shape index (κ3) is 3.54. The molecule has 0 fully saturated rings. The van der Waals surface area contributed by atoms with E-state index in [1.807, 2.05) is 57.2 Å². The van der Waals surface area contributed by atoms with Crippen molar-refractivity contribution in [3.05, 3.63) is 71.2 Å². The van der Waals surface area contributed by atoms with Crippen LogP contribution in [0.1, 0.15) is 27.3 Å². The minimum atomic E-state index is -0.240. The van der Waals surface area contributed by atoms with Crippen LogP contribution in [0.3, 0.4) is 0 Å². The molecular weight excluding hydrogens is 366 g/mol. The van der Waals surface area contributed by atoms with Crippen LogP contribution in [0, 0.1) is 20.8 Å². The number of nitrogens with one attached hydrogen (secondary N) is 1. The normalized spacial score (nSPS) is 10.9. The fourth-order valence-corrected chi connectivity index (χ4v) is 3.28. The zero-order valence-corrected chi connectivity index (χ0v) is 16.7. The van der Waals surface area contributed by atoms with E-state index in [1.165, 1.54) is 0 Å². The third-order valence-corrected chi connectivity index (χ3v) is 4.66. The summed E-state index contributed by atoms with van der Waals surface area (Å²) < 4.78 is 6.98. The summed E-state index contributed by atoms with van der Waals surface area (Å²) in [7, 11) is 1.63. The molecule has 0 saturated heterocycles. The monoisotopic (exact) mass is 387 g/mol. The predicted octanol–water partition coefficient (Wildman–Crippen LogP) is 4.00. The molecule has 7 heteroatoms. The van der Waals surface area contributed by atoms with Gasteiger partial charge in [0, 0.05) is 11.9 Å². The number of nitrogens with zero attached hydrogens (tertiary/aromatic N) is 4. The largest absolute Gasteiger partial charge is 0.497 e.